The third kappa shape index (κ3) is 3.01. The molecule has 1 rings (SSSR count). The molecule has 15 heavy (non-hydrogen) atoms. The molecule has 1 aromatic carbocycles. The third-order valence-corrected chi connectivity index (χ3v) is 2.85. The number of hydrogen-bond acceptors (Lipinski definition) is 3. The smallest absolute Gasteiger partial charge is 0.107 e. The average Bonchev–Trinajstić information content (AvgIpc) is 2.26. The standard InChI is InChI=1S/C11H15BrO3/c1-2-7-5-8(12)3-4-9(7)11(15)10(14)6-13/h3-5,10-11,13-15H,2,6H2,1H3. The first-order valence-corrected chi connectivity index (χ1v) is 5.64. The minimum Gasteiger partial charge on any atom is -0.394 e. The number of halogens is 1. The van der Waals surface area contributed by atoms with Crippen molar-refractivity contribution in [2.75, 3.05) is 6.61 Å². The van der Waals surface area contributed by atoms with Crippen molar-refractivity contribution < 1.29 is 15.3 Å². The van der Waals surface area contributed by atoms with Gasteiger partial charge in [0, 0.05) is 4.47 Å². The summed E-state index contributed by atoms with van der Waals surface area (Å²) in [5.41, 5.74) is 1.63. The van der Waals surface area contributed by atoms with E-state index in [1.807, 2.05) is 19.1 Å². The van der Waals surface area contributed by atoms with E-state index in [-0.39, 0.29) is 0 Å². The maximum atomic E-state index is 9.77. The summed E-state index contributed by atoms with van der Waals surface area (Å²) in [5, 5.41) is 27.9. The number of hydrogen-bond donors (Lipinski definition) is 3. The van der Waals surface area contributed by atoms with Crippen LogP contribution in [-0.4, -0.2) is 28.0 Å². The lowest BCUT2D eigenvalue weighted by molar-refractivity contribution is -0.0156. The Bertz CT molecular complexity index is 328. The van der Waals surface area contributed by atoms with Gasteiger partial charge in [0.15, 0.2) is 0 Å². The van der Waals surface area contributed by atoms with Gasteiger partial charge in [-0.05, 0) is 29.7 Å². The number of aliphatic hydroxyl groups excluding tert-OH is 3. The van der Waals surface area contributed by atoms with Crippen LogP contribution in [0.25, 0.3) is 0 Å². The third-order valence-electron chi connectivity index (χ3n) is 2.36. The number of benzene rings is 1. The van der Waals surface area contributed by atoms with Gasteiger partial charge in [-0.1, -0.05) is 28.9 Å². The number of rotatable bonds is 4. The van der Waals surface area contributed by atoms with Gasteiger partial charge in [0.2, 0.25) is 0 Å². The van der Waals surface area contributed by atoms with Crippen LogP contribution < -0.4 is 0 Å². The molecule has 0 saturated carbocycles. The second kappa shape index (κ2) is 5.61. The Morgan fingerprint density at radius 1 is 1.33 bits per heavy atom. The van der Waals surface area contributed by atoms with Crippen molar-refractivity contribution in [1.29, 1.82) is 0 Å². The van der Waals surface area contributed by atoms with Gasteiger partial charge in [-0.15, -0.1) is 0 Å². The molecule has 0 aliphatic heterocycles. The van der Waals surface area contributed by atoms with Gasteiger partial charge in [-0.2, -0.15) is 0 Å². The summed E-state index contributed by atoms with van der Waals surface area (Å²) < 4.78 is 0.939. The van der Waals surface area contributed by atoms with Gasteiger partial charge in [-0.25, -0.2) is 0 Å². The fraction of sp³-hybridized carbons (Fsp3) is 0.455. The summed E-state index contributed by atoms with van der Waals surface area (Å²) in [4.78, 5) is 0. The molecule has 3 N–H and O–H groups in total. The summed E-state index contributed by atoms with van der Waals surface area (Å²) in [6, 6.07) is 5.47. The van der Waals surface area contributed by atoms with Gasteiger partial charge >= 0.3 is 0 Å². The Hall–Kier alpha value is -0.420. The molecule has 0 saturated heterocycles. The normalized spacial score (nSPS) is 15.0. The van der Waals surface area contributed by atoms with Crippen LogP contribution in [0.15, 0.2) is 22.7 Å². The topological polar surface area (TPSA) is 60.7 Å². The second-order valence-corrected chi connectivity index (χ2v) is 4.31. The SMILES string of the molecule is CCc1cc(Br)ccc1C(O)C(O)CO. The summed E-state index contributed by atoms with van der Waals surface area (Å²) in [6.45, 7) is 1.53. The number of aliphatic hydroxyl groups is 3. The zero-order chi connectivity index (χ0) is 11.4. The molecule has 0 aliphatic carbocycles. The van der Waals surface area contributed by atoms with Crippen molar-refractivity contribution in [3.8, 4) is 0 Å². The summed E-state index contributed by atoms with van der Waals surface area (Å²) >= 11 is 3.35. The van der Waals surface area contributed by atoms with Crippen LogP contribution in [0.3, 0.4) is 0 Å². The largest absolute Gasteiger partial charge is 0.394 e. The molecule has 84 valence electrons. The van der Waals surface area contributed by atoms with Crippen LogP contribution >= 0.6 is 15.9 Å². The predicted molar refractivity (Wildman–Crippen MR) is 61.6 cm³/mol. The van der Waals surface area contributed by atoms with Crippen molar-refractivity contribution in [1.82, 2.24) is 0 Å². The molecule has 0 radical (unpaired) electrons. The Morgan fingerprint density at radius 2 is 2.00 bits per heavy atom. The van der Waals surface area contributed by atoms with Crippen molar-refractivity contribution in [3.63, 3.8) is 0 Å². The maximum absolute atomic E-state index is 9.77. The summed E-state index contributed by atoms with van der Waals surface area (Å²) in [6.07, 6.45) is -1.39. The highest BCUT2D eigenvalue weighted by Crippen LogP contribution is 2.24. The van der Waals surface area contributed by atoms with Crippen LogP contribution in [0.4, 0.5) is 0 Å². The van der Waals surface area contributed by atoms with Crippen LogP contribution in [0.2, 0.25) is 0 Å². The molecular formula is C11H15BrO3. The first-order valence-electron chi connectivity index (χ1n) is 4.85. The molecule has 4 heteroatoms. The Labute approximate surface area is 97.5 Å². The van der Waals surface area contributed by atoms with E-state index in [0.29, 0.717) is 5.56 Å². The van der Waals surface area contributed by atoms with Crippen LogP contribution in [0.1, 0.15) is 24.2 Å². The van der Waals surface area contributed by atoms with E-state index < -0.39 is 18.8 Å². The molecule has 0 amide bonds. The zero-order valence-corrected chi connectivity index (χ0v) is 10.1. The van der Waals surface area contributed by atoms with Crippen molar-refractivity contribution in [2.24, 2.45) is 0 Å². The average molecular weight is 275 g/mol. The zero-order valence-electron chi connectivity index (χ0n) is 8.52. The van der Waals surface area contributed by atoms with Gasteiger partial charge in [0.25, 0.3) is 0 Å². The molecule has 0 aliphatic rings. The van der Waals surface area contributed by atoms with Crippen molar-refractivity contribution in [3.05, 3.63) is 33.8 Å². The van der Waals surface area contributed by atoms with E-state index in [4.69, 9.17) is 5.11 Å². The van der Waals surface area contributed by atoms with Gasteiger partial charge in [0.1, 0.15) is 12.2 Å². The fourth-order valence-corrected chi connectivity index (χ4v) is 1.88. The highest BCUT2D eigenvalue weighted by molar-refractivity contribution is 9.10. The van der Waals surface area contributed by atoms with E-state index in [1.54, 1.807) is 6.07 Å². The van der Waals surface area contributed by atoms with Crippen molar-refractivity contribution >= 4 is 15.9 Å². The highest BCUT2D eigenvalue weighted by Gasteiger charge is 2.19. The van der Waals surface area contributed by atoms with E-state index in [0.717, 1.165) is 16.5 Å². The molecular weight excluding hydrogens is 260 g/mol. The molecule has 0 bridgehead atoms. The molecule has 0 heterocycles. The van der Waals surface area contributed by atoms with Crippen LogP contribution in [-0.2, 0) is 6.42 Å². The summed E-state index contributed by atoms with van der Waals surface area (Å²) in [5.74, 6) is 0. The quantitative estimate of drug-likeness (QED) is 0.778. The van der Waals surface area contributed by atoms with Crippen LogP contribution in [0, 0.1) is 0 Å². The lowest BCUT2D eigenvalue weighted by atomic mass is 9.97. The lowest BCUT2D eigenvalue weighted by Gasteiger charge is -2.19. The van der Waals surface area contributed by atoms with Gasteiger partial charge < -0.3 is 15.3 Å². The molecule has 0 aromatic heterocycles. The van der Waals surface area contributed by atoms with Crippen LogP contribution in [0.5, 0.6) is 0 Å². The minimum absolute atomic E-state index is 0.444. The molecule has 1 aromatic rings. The van der Waals surface area contributed by atoms with Crippen molar-refractivity contribution in [2.45, 2.75) is 25.6 Å². The first-order chi connectivity index (χ1) is 7.10. The van der Waals surface area contributed by atoms with Gasteiger partial charge in [-0.3, -0.25) is 0 Å². The monoisotopic (exact) mass is 274 g/mol. The molecule has 2 atom stereocenters. The Balaban J connectivity index is 3.02. The minimum atomic E-state index is -1.13. The van der Waals surface area contributed by atoms with E-state index in [1.165, 1.54) is 0 Å². The predicted octanol–water partition coefficient (Wildman–Crippen LogP) is 1.40. The Morgan fingerprint density at radius 3 is 2.53 bits per heavy atom. The first kappa shape index (κ1) is 12.6. The van der Waals surface area contributed by atoms with E-state index >= 15 is 0 Å². The fourth-order valence-electron chi connectivity index (χ4n) is 1.48. The Kier molecular flexibility index (Phi) is 4.73. The van der Waals surface area contributed by atoms with E-state index in [2.05, 4.69) is 15.9 Å². The number of aryl methyl sites for hydroxylation is 1. The van der Waals surface area contributed by atoms with E-state index in [9.17, 15) is 10.2 Å². The molecule has 0 spiro atoms. The molecule has 2 unspecified atom stereocenters. The maximum Gasteiger partial charge on any atom is 0.107 e. The van der Waals surface area contributed by atoms with Gasteiger partial charge in [0.05, 0.1) is 6.61 Å². The molecule has 3 nitrogen and oxygen atoms in total. The highest BCUT2D eigenvalue weighted by atomic mass is 79.9. The summed E-state index contributed by atoms with van der Waals surface area (Å²) in [7, 11) is 0. The second-order valence-electron chi connectivity index (χ2n) is 3.39. The molecule has 0 fully saturated rings. The lowest BCUT2D eigenvalue weighted by Crippen LogP contribution is -2.23.